The first-order valence-electron chi connectivity index (χ1n) is 7.82. The lowest BCUT2D eigenvalue weighted by Crippen LogP contribution is -2.27. The van der Waals surface area contributed by atoms with Crippen LogP contribution in [0, 0.1) is 5.92 Å². The Morgan fingerprint density at radius 1 is 1.33 bits per heavy atom. The number of nitrogens with zero attached hydrogens (tertiary/aromatic N) is 2. The molecule has 0 bridgehead atoms. The second-order valence-corrected chi connectivity index (χ2v) is 5.88. The minimum atomic E-state index is -0.240. The summed E-state index contributed by atoms with van der Waals surface area (Å²) in [5, 5.41) is 3.79. The van der Waals surface area contributed by atoms with E-state index in [1.54, 1.807) is 6.20 Å². The Kier molecular flexibility index (Phi) is 4.74. The zero-order chi connectivity index (χ0) is 16.9. The maximum Gasteiger partial charge on any atom is 0.273 e. The molecule has 1 amide bonds. The molecule has 0 spiro atoms. The highest BCUT2D eigenvalue weighted by atomic mass is 16.5. The maximum absolute atomic E-state index is 11.9. The number of pyridine rings is 1. The molecule has 124 valence electrons. The Bertz CT molecular complexity index is 842. The van der Waals surface area contributed by atoms with Crippen molar-refractivity contribution >= 4 is 16.8 Å². The first kappa shape index (κ1) is 16.0. The Hall–Kier alpha value is -2.89. The van der Waals surface area contributed by atoms with Crippen LogP contribution in [0.2, 0.25) is 0 Å². The van der Waals surface area contributed by atoms with Gasteiger partial charge in [0, 0.05) is 18.1 Å². The Morgan fingerprint density at radius 3 is 3.04 bits per heavy atom. The molecular weight excluding hydrogens is 306 g/mol. The summed E-state index contributed by atoms with van der Waals surface area (Å²) in [7, 11) is 0. The molecule has 1 N–H and O–H groups in total. The molecule has 0 saturated carbocycles. The van der Waals surface area contributed by atoms with Gasteiger partial charge >= 0.3 is 0 Å². The molecule has 2 aromatic heterocycles. The van der Waals surface area contributed by atoms with E-state index < -0.39 is 0 Å². The van der Waals surface area contributed by atoms with Crippen molar-refractivity contribution in [2.45, 2.75) is 20.5 Å². The van der Waals surface area contributed by atoms with Crippen LogP contribution in [0.1, 0.15) is 30.2 Å². The molecule has 3 rings (SSSR count). The van der Waals surface area contributed by atoms with Crippen molar-refractivity contribution in [3.63, 3.8) is 0 Å². The van der Waals surface area contributed by atoms with Gasteiger partial charge in [0.1, 0.15) is 12.0 Å². The van der Waals surface area contributed by atoms with Crippen LogP contribution in [0.4, 0.5) is 0 Å². The van der Waals surface area contributed by atoms with Crippen LogP contribution in [-0.4, -0.2) is 22.4 Å². The molecule has 1 aromatic carbocycles. The van der Waals surface area contributed by atoms with Crippen molar-refractivity contribution in [2.24, 2.45) is 5.92 Å². The minimum absolute atomic E-state index is 0.156. The Morgan fingerprint density at radius 2 is 2.21 bits per heavy atom. The van der Waals surface area contributed by atoms with Crippen LogP contribution in [0.15, 0.2) is 47.2 Å². The average molecular weight is 325 g/mol. The summed E-state index contributed by atoms with van der Waals surface area (Å²) >= 11 is 0. The van der Waals surface area contributed by atoms with Crippen molar-refractivity contribution in [3.8, 4) is 5.75 Å². The van der Waals surface area contributed by atoms with Gasteiger partial charge in [0.25, 0.3) is 5.91 Å². The van der Waals surface area contributed by atoms with Crippen LogP contribution >= 0.6 is 0 Å². The quantitative estimate of drug-likeness (QED) is 0.753. The SMILES string of the molecule is CC(C)CNC(=O)c1coc(COc2ccc3ncccc3c2)n1. The number of hydrogen-bond acceptors (Lipinski definition) is 5. The van der Waals surface area contributed by atoms with Gasteiger partial charge in [-0.2, -0.15) is 0 Å². The van der Waals surface area contributed by atoms with Crippen LogP contribution in [0.3, 0.4) is 0 Å². The number of hydrogen-bond donors (Lipinski definition) is 1. The van der Waals surface area contributed by atoms with Crippen molar-refractivity contribution in [1.29, 1.82) is 0 Å². The van der Waals surface area contributed by atoms with Gasteiger partial charge < -0.3 is 14.5 Å². The molecule has 0 aliphatic carbocycles. The second kappa shape index (κ2) is 7.12. The maximum atomic E-state index is 11.9. The number of carbonyl (C=O) groups is 1. The summed E-state index contributed by atoms with van der Waals surface area (Å²) < 4.78 is 11.0. The van der Waals surface area contributed by atoms with Crippen LogP contribution in [0.5, 0.6) is 5.75 Å². The molecular formula is C18H19N3O3. The van der Waals surface area contributed by atoms with E-state index in [9.17, 15) is 4.79 Å². The number of benzene rings is 1. The van der Waals surface area contributed by atoms with Gasteiger partial charge in [-0.3, -0.25) is 9.78 Å². The Labute approximate surface area is 139 Å². The fourth-order valence-electron chi connectivity index (χ4n) is 2.16. The summed E-state index contributed by atoms with van der Waals surface area (Å²) in [5.74, 6) is 1.19. The lowest BCUT2D eigenvalue weighted by atomic mass is 10.2. The number of carbonyl (C=O) groups excluding carboxylic acids is 1. The molecule has 0 fully saturated rings. The van der Waals surface area contributed by atoms with Gasteiger partial charge in [-0.05, 0) is 30.2 Å². The third-order valence-electron chi connectivity index (χ3n) is 3.39. The summed E-state index contributed by atoms with van der Waals surface area (Å²) in [6, 6.07) is 9.49. The van der Waals surface area contributed by atoms with E-state index in [4.69, 9.17) is 9.15 Å². The first-order chi connectivity index (χ1) is 11.6. The highest BCUT2D eigenvalue weighted by molar-refractivity contribution is 5.91. The van der Waals surface area contributed by atoms with Crippen LogP contribution in [-0.2, 0) is 6.61 Å². The molecule has 6 heteroatoms. The third-order valence-corrected chi connectivity index (χ3v) is 3.39. The van der Waals surface area contributed by atoms with Crippen LogP contribution in [0.25, 0.3) is 10.9 Å². The fourth-order valence-corrected chi connectivity index (χ4v) is 2.16. The normalized spacial score (nSPS) is 11.0. The summed E-state index contributed by atoms with van der Waals surface area (Å²) in [6.45, 7) is 4.81. The monoisotopic (exact) mass is 325 g/mol. The predicted octanol–water partition coefficient (Wildman–Crippen LogP) is 3.19. The number of nitrogens with one attached hydrogen (secondary N) is 1. The molecule has 24 heavy (non-hydrogen) atoms. The van der Waals surface area contributed by atoms with E-state index in [-0.39, 0.29) is 18.2 Å². The molecule has 0 aliphatic rings. The average Bonchev–Trinajstić information content (AvgIpc) is 3.06. The zero-order valence-electron chi connectivity index (χ0n) is 13.7. The largest absolute Gasteiger partial charge is 0.484 e. The number of fused-ring (bicyclic) bond motifs is 1. The first-order valence-corrected chi connectivity index (χ1v) is 7.82. The van der Waals surface area contributed by atoms with E-state index in [0.717, 1.165) is 10.9 Å². The number of rotatable bonds is 6. The molecule has 0 atom stereocenters. The highest BCUT2D eigenvalue weighted by Gasteiger charge is 2.12. The van der Waals surface area contributed by atoms with E-state index in [2.05, 4.69) is 15.3 Å². The van der Waals surface area contributed by atoms with Crippen molar-refractivity contribution in [2.75, 3.05) is 6.54 Å². The number of amides is 1. The van der Waals surface area contributed by atoms with Crippen LogP contribution < -0.4 is 10.1 Å². The summed E-state index contributed by atoms with van der Waals surface area (Å²) in [4.78, 5) is 20.3. The zero-order valence-corrected chi connectivity index (χ0v) is 13.7. The van der Waals surface area contributed by atoms with E-state index in [1.165, 1.54) is 6.26 Å². The second-order valence-electron chi connectivity index (χ2n) is 5.88. The van der Waals surface area contributed by atoms with Gasteiger partial charge in [0.15, 0.2) is 12.3 Å². The fraction of sp³-hybridized carbons (Fsp3) is 0.278. The van der Waals surface area contributed by atoms with Gasteiger partial charge in [-0.1, -0.05) is 19.9 Å². The molecule has 0 unspecified atom stereocenters. The Balaban J connectivity index is 1.61. The van der Waals surface area contributed by atoms with E-state index in [0.29, 0.717) is 24.1 Å². The molecule has 3 aromatic rings. The summed E-state index contributed by atoms with van der Waals surface area (Å²) in [6.07, 6.45) is 3.10. The number of oxazole rings is 1. The van der Waals surface area contributed by atoms with Crippen molar-refractivity contribution in [1.82, 2.24) is 15.3 Å². The van der Waals surface area contributed by atoms with Gasteiger partial charge in [-0.15, -0.1) is 0 Å². The van der Waals surface area contributed by atoms with Crippen molar-refractivity contribution in [3.05, 3.63) is 54.4 Å². The van der Waals surface area contributed by atoms with E-state index in [1.807, 2.05) is 44.2 Å². The van der Waals surface area contributed by atoms with E-state index >= 15 is 0 Å². The third kappa shape index (κ3) is 3.90. The molecule has 0 saturated heterocycles. The molecule has 0 aliphatic heterocycles. The smallest absolute Gasteiger partial charge is 0.273 e. The molecule has 0 radical (unpaired) electrons. The lowest BCUT2D eigenvalue weighted by molar-refractivity contribution is 0.0944. The minimum Gasteiger partial charge on any atom is -0.484 e. The lowest BCUT2D eigenvalue weighted by Gasteiger charge is -2.05. The molecule has 2 heterocycles. The van der Waals surface area contributed by atoms with Gasteiger partial charge in [-0.25, -0.2) is 4.98 Å². The van der Waals surface area contributed by atoms with Gasteiger partial charge in [0.2, 0.25) is 5.89 Å². The molecule has 6 nitrogen and oxygen atoms in total. The highest BCUT2D eigenvalue weighted by Crippen LogP contribution is 2.19. The predicted molar refractivity (Wildman–Crippen MR) is 89.7 cm³/mol. The standard InChI is InChI=1S/C18H19N3O3/c1-12(2)9-20-18(22)16-10-24-17(21-16)11-23-14-5-6-15-13(8-14)4-3-7-19-15/h3-8,10,12H,9,11H2,1-2H3,(H,20,22). The number of aromatic nitrogens is 2. The number of ether oxygens (including phenoxy) is 1. The van der Waals surface area contributed by atoms with Gasteiger partial charge in [0.05, 0.1) is 5.52 Å². The summed E-state index contributed by atoms with van der Waals surface area (Å²) in [5.41, 5.74) is 1.17. The van der Waals surface area contributed by atoms with Crippen molar-refractivity contribution < 1.29 is 13.9 Å². The topological polar surface area (TPSA) is 77.2 Å².